The van der Waals surface area contributed by atoms with Gasteiger partial charge in [-0.3, -0.25) is 18.2 Å². The zero-order chi connectivity index (χ0) is 27.7. The van der Waals surface area contributed by atoms with Crippen LogP contribution in [0.5, 0.6) is 5.75 Å². The highest BCUT2D eigenvalue weighted by atomic mass is 32.2. The minimum Gasteiger partial charge on any atom is -0.506 e. The van der Waals surface area contributed by atoms with E-state index >= 15 is 0 Å². The summed E-state index contributed by atoms with van der Waals surface area (Å²) >= 11 is 0. The topological polar surface area (TPSA) is 300 Å². The molecule has 7 N–H and O–H groups in total. The number of aromatic hydroxyl groups is 1. The molecule has 2 aromatic rings. The summed E-state index contributed by atoms with van der Waals surface area (Å²) in [7, 11) is -20.2. The van der Waals surface area contributed by atoms with Crippen LogP contribution in [0, 0.1) is 6.92 Å². The van der Waals surface area contributed by atoms with Gasteiger partial charge in [-0.25, -0.2) is 14.1 Å². The first-order valence-electron chi connectivity index (χ1n) is 8.81. The molecule has 0 atom stereocenters. The predicted octanol–water partition coefficient (Wildman–Crippen LogP) is 1.22. The summed E-state index contributed by atoms with van der Waals surface area (Å²) in [6, 6.07) is 1.73. The lowest BCUT2D eigenvalue weighted by molar-refractivity contribution is 0.176. The Morgan fingerprint density at radius 1 is 0.889 bits per heavy atom. The number of hydrogen-bond donors (Lipinski definition) is 7. The summed E-state index contributed by atoms with van der Waals surface area (Å²) < 4.78 is 95.5. The van der Waals surface area contributed by atoms with Crippen molar-refractivity contribution < 1.29 is 68.8 Å². The maximum atomic E-state index is 11.6. The molecular weight excluding hydrogens is 576 g/mol. The Bertz CT molecular complexity index is 1510. The number of hydrogen-bond acceptors (Lipinski definition) is 12. The Hall–Kier alpha value is -2.19. The van der Waals surface area contributed by atoms with Crippen LogP contribution in [0.3, 0.4) is 0 Å². The molecule has 0 aliphatic heterocycles. The molecule has 0 saturated carbocycles. The average Bonchev–Trinajstić information content (AvgIpc) is 2.69. The maximum Gasteiger partial charge on any atom is 0.469 e. The van der Waals surface area contributed by atoms with Gasteiger partial charge in [0.1, 0.15) is 16.3 Å². The summed E-state index contributed by atoms with van der Waals surface area (Å²) in [6.45, 7) is -0.961. The minimum atomic E-state index is -5.16. The van der Waals surface area contributed by atoms with Gasteiger partial charge in [-0.2, -0.15) is 16.8 Å². The minimum absolute atomic E-state index is 0.269. The highest BCUT2D eigenvalue weighted by molar-refractivity contribution is 7.86. The normalized spacial score (nSPS) is 13.4. The van der Waals surface area contributed by atoms with E-state index < -0.39 is 87.3 Å². The van der Waals surface area contributed by atoms with Gasteiger partial charge < -0.3 is 24.7 Å². The first kappa shape index (κ1) is 30.0. The molecule has 0 unspecified atom stereocenters. The average molecular weight is 593 g/mol. The molecule has 18 nitrogen and oxygen atoms in total. The summed E-state index contributed by atoms with van der Waals surface area (Å²) in [5.41, 5.74) is -2.14. The smallest absolute Gasteiger partial charge is 0.469 e. The Morgan fingerprint density at radius 2 is 1.42 bits per heavy atom. The number of phosphoric acid groups is 2. The number of rotatable bonds is 10. The lowest BCUT2D eigenvalue weighted by atomic mass is 10.1. The first-order valence-corrected chi connectivity index (χ1v) is 14.8. The Kier molecular flexibility index (Phi) is 8.89. The fourth-order valence-electron chi connectivity index (χ4n) is 2.52. The molecule has 1 heterocycles. The zero-order valence-electron chi connectivity index (χ0n) is 17.6. The third-order valence-electron chi connectivity index (χ3n) is 4.05. The molecule has 0 aliphatic carbocycles. The van der Waals surface area contributed by atoms with Crippen LogP contribution in [-0.4, -0.2) is 55.6 Å². The molecule has 0 amide bonds. The lowest BCUT2D eigenvalue weighted by Gasteiger charge is -2.16. The highest BCUT2D eigenvalue weighted by Gasteiger charge is 2.25. The van der Waals surface area contributed by atoms with Crippen molar-refractivity contribution in [2.24, 2.45) is 10.2 Å². The number of aryl methyl sites for hydroxylation is 1. The molecule has 0 saturated heterocycles. The molecule has 0 radical (unpaired) electrons. The summed E-state index contributed by atoms with van der Waals surface area (Å²) in [5, 5.41) is 17.3. The van der Waals surface area contributed by atoms with E-state index in [1.54, 1.807) is 0 Å². The molecule has 0 aliphatic rings. The SMILES string of the molecule is Cc1nc(N=Nc2cc(S(=O)(=O)O)ccc2S(=O)(=O)O)c(COP(=O)(O)O)c(COP(=O)(O)O)c1O. The Morgan fingerprint density at radius 3 is 1.89 bits per heavy atom. The van der Waals surface area contributed by atoms with Crippen molar-refractivity contribution >= 4 is 47.4 Å². The van der Waals surface area contributed by atoms with Gasteiger partial charge in [0.2, 0.25) is 0 Å². The second-order valence-electron chi connectivity index (χ2n) is 6.63. The maximum absolute atomic E-state index is 11.6. The standard InChI is InChI=1S/C14H17N3O15P2S2/c1-7-13(18)9(5-31-33(19,20)21)10(6-32-34(22,23)24)14(15-7)17-16-11-4-8(35(25,26)27)2-3-12(11)36(28,29)30/h2-4,18H,5-6H2,1H3,(H2,19,20,21)(H2,22,23,24)(H,25,26,27)(H,28,29,30). The van der Waals surface area contributed by atoms with Gasteiger partial charge in [-0.05, 0) is 25.1 Å². The number of phosphoric ester groups is 2. The second kappa shape index (κ2) is 10.7. The van der Waals surface area contributed by atoms with Crippen LogP contribution >= 0.6 is 15.6 Å². The van der Waals surface area contributed by atoms with E-state index in [4.69, 9.17) is 19.6 Å². The van der Waals surface area contributed by atoms with Crippen LogP contribution < -0.4 is 0 Å². The van der Waals surface area contributed by atoms with E-state index in [1.165, 1.54) is 6.92 Å². The third kappa shape index (κ3) is 8.44. The van der Waals surface area contributed by atoms with Crippen molar-refractivity contribution in [1.82, 2.24) is 4.98 Å². The molecule has 1 aromatic heterocycles. The van der Waals surface area contributed by atoms with Crippen molar-refractivity contribution in [3.63, 3.8) is 0 Å². The molecular formula is C14H17N3O15P2S2. The van der Waals surface area contributed by atoms with E-state index in [2.05, 4.69) is 24.3 Å². The Balaban J connectivity index is 2.76. The van der Waals surface area contributed by atoms with Crippen LogP contribution in [0.1, 0.15) is 16.8 Å². The van der Waals surface area contributed by atoms with E-state index in [-0.39, 0.29) is 5.69 Å². The van der Waals surface area contributed by atoms with E-state index in [1.807, 2.05) is 0 Å². The van der Waals surface area contributed by atoms with Gasteiger partial charge in [0.05, 0.1) is 23.8 Å². The van der Waals surface area contributed by atoms with Crippen molar-refractivity contribution in [3.8, 4) is 5.75 Å². The number of azo groups is 1. The van der Waals surface area contributed by atoms with Gasteiger partial charge in [-0.15, -0.1) is 10.2 Å². The molecule has 0 spiro atoms. The van der Waals surface area contributed by atoms with Gasteiger partial charge in [0.15, 0.2) is 5.82 Å². The molecule has 200 valence electrons. The van der Waals surface area contributed by atoms with E-state index in [9.17, 15) is 40.2 Å². The summed E-state index contributed by atoms with van der Waals surface area (Å²) in [6.07, 6.45) is 0. The predicted molar refractivity (Wildman–Crippen MR) is 115 cm³/mol. The molecule has 22 heteroatoms. The zero-order valence-corrected chi connectivity index (χ0v) is 21.0. The van der Waals surface area contributed by atoms with Gasteiger partial charge >= 0.3 is 15.6 Å². The Labute approximate surface area is 202 Å². The summed E-state index contributed by atoms with van der Waals surface area (Å²) in [4.78, 5) is 37.9. The largest absolute Gasteiger partial charge is 0.506 e. The molecule has 1 aromatic carbocycles. The fourth-order valence-corrected chi connectivity index (χ4v) is 4.22. The number of pyridine rings is 1. The van der Waals surface area contributed by atoms with Crippen LogP contribution in [0.25, 0.3) is 0 Å². The van der Waals surface area contributed by atoms with E-state index in [0.717, 1.165) is 0 Å². The quantitative estimate of drug-likeness (QED) is 0.116. The van der Waals surface area contributed by atoms with Gasteiger partial charge in [0, 0.05) is 11.1 Å². The molecule has 0 bridgehead atoms. The highest BCUT2D eigenvalue weighted by Crippen LogP contribution is 2.43. The number of nitrogens with zero attached hydrogens (tertiary/aromatic N) is 3. The molecule has 2 rings (SSSR count). The van der Waals surface area contributed by atoms with Crippen molar-refractivity contribution in [1.29, 1.82) is 0 Å². The monoisotopic (exact) mass is 593 g/mol. The molecule has 36 heavy (non-hydrogen) atoms. The van der Waals surface area contributed by atoms with Crippen LogP contribution in [0.4, 0.5) is 11.5 Å². The second-order valence-corrected chi connectivity index (χ2v) is 11.9. The lowest BCUT2D eigenvalue weighted by Crippen LogP contribution is -2.04. The van der Waals surface area contributed by atoms with Crippen LogP contribution in [0.15, 0.2) is 38.2 Å². The van der Waals surface area contributed by atoms with Crippen molar-refractivity contribution in [2.45, 2.75) is 29.9 Å². The third-order valence-corrected chi connectivity index (χ3v) is 6.73. The van der Waals surface area contributed by atoms with Crippen LogP contribution in [-0.2, 0) is 51.6 Å². The van der Waals surface area contributed by atoms with Crippen LogP contribution in [0.2, 0.25) is 0 Å². The fraction of sp³-hybridized carbons (Fsp3) is 0.214. The molecule has 0 fully saturated rings. The van der Waals surface area contributed by atoms with Gasteiger partial charge in [0.25, 0.3) is 20.2 Å². The van der Waals surface area contributed by atoms with Gasteiger partial charge in [-0.1, -0.05) is 0 Å². The first-order chi connectivity index (χ1) is 16.2. The number of aromatic nitrogens is 1. The number of benzene rings is 1. The summed E-state index contributed by atoms with van der Waals surface area (Å²) in [5.74, 6) is -1.39. The van der Waals surface area contributed by atoms with E-state index in [0.29, 0.717) is 18.2 Å². The van der Waals surface area contributed by atoms with Crippen molar-refractivity contribution in [2.75, 3.05) is 0 Å². The van der Waals surface area contributed by atoms with Crippen molar-refractivity contribution in [3.05, 3.63) is 35.0 Å².